The molecule has 2 aliphatic heterocycles. The van der Waals surface area contributed by atoms with Crippen LogP contribution in [0.25, 0.3) is 0 Å². The Kier molecular flexibility index (Phi) is 1.64. The van der Waals surface area contributed by atoms with Crippen molar-refractivity contribution in [2.24, 2.45) is 0 Å². The minimum Gasteiger partial charge on any atom is -0.516 e. The zero-order chi connectivity index (χ0) is 7.73. The van der Waals surface area contributed by atoms with Crippen molar-refractivity contribution < 1.29 is 5.11 Å². The molecule has 0 amide bonds. The second-order valence-corrected chi connectivity index (χ2v) is 3.61. The zero-order valence-electron chi connectivity index (χ0n) is 6.79. The lowest BCUT2D eigenvalue weighted by molar-refractivity contribution is 0.246. The van der Waals surface area contributed by atoms with Crippen LogP contribution in [0.5, 0.6) is 0 Å². The lowest BCUT2D eigenvalue weighted by Gasteiger charge is -2.27. The molecule has 2 saturated heterocycles. The maximum absolute atomic E-state index is 8.76. The van der Waals surface area contributed by atoms with E-state index in [-0.39, 0.29) is 5.54 Å². The molecule has 1 N–H and O–H groups in total. The van der Waals surface area contributed by atoms with E-state index in [2.05, 4.69) is 4.90 Å². The molecule has 0 radical (unpaired) electrons. The van der Waals surface area contributed by atoms with Crippen LogP contribution >= 0.6 is 0 Å². The van der Waals surface area contributed by atoms with Gasteiger partial charge in [0, 0.05) is 5.54 Å². The molecule has 2 fully saturated rings. The highest BCUT2D eigenvalue weighted by molar-refractivity contribution is 5.11. The second kappa shape index (κ2) is 2.52. The van der Waals surface area contributed by atoms with Gasteiger partial charge in [-0.25, -0.2) is 0 Å². The lowest BCUT2D eigenvalue weighted by atomic mass is 9.94. The molecule has 0 aliphatic carbocycles. The first-order valence-corrected chi connectivity index (χ1v) is 4.44. The largest absolute Gasteiger partial charge is 0.516 e. The molecule has 2 heteroatoms. The van der Waals surface area contributed by atoms with Crippen molar-refractivity contribution in [2.45, 2.75) is 31.2 Å². The van der Waals surface area contributed by atoms with Crippen molar-refractivity contribution in [3.05, 3.63) is 12.3 Å². The van der Waals surface area contributed by atoms with Gasteiger partial charge in [-0.05, 0) is 44.8 Å². The van der Waals surface area contributed by atoms with Crippen LogP contribution in [-0.2, 0) is 0 Å². The van der Waals surface area contributed by atoms with E-state index in [1.165, 1.54) is 45.0 Å². The van der Waals surface area contributed by atoms with Crippen LogP contribution in [0, 0.1) is 0 Å². The molecule has 0 unspecified atom stereocenters. The van der Waals surface area contributed by atoms with Crippen LogP contribution in [0.3, 0.4) is 0 Å². The first-order chi connectivity index (χ1) is 5.37. The molecule has 0 saturated carbocycles. The topological polar surface area (TPSA) is 23.5 Å². The number of aliphatic hydroxyl groups excluding tert-OH is 1. The molecule has 11 heavy (non-hydrogen) atoms. The summed E-state index contributed by atoms with van der Waals surface area (Å²) in [7, 11) is 0. The smallest absolute Gasteiger partial charge is 0.0770 e. The summed E-state index contributed by atoms with van der Waals surface area (Å²) in [4.78, 5) is 2.50. The minimum absolute atomic E-state index is 0.259. The normalized spacial score (nSPS) is 29.8. The van der Waals surface area contributed by atoms with Crippen molar-refractivity contribution in [2.75, 3.05) is 13.1 Å². The fourth-order valence-corrected chi connectivity index (χ4v) is 2.56. The monoisotopic (exact) mass is 153 g/mol. The third kappa shape index (κ3) is 0.968. The van der Waals surface area contributed by atoms with Crippen molar-refractivity contribution >= 4 is 0 Å². The summed E-state index contributed by atoms with van der Waals surface area (Å²) in [6.07, 6.45) is 8.28. The summed E-state index contributed by atoms with van der Waals surface area (Å²) < 4.78 is 0. The summed E-state index contributed by atoms with van der Waals surface area (Å²) in [6.45, 7) is 2.45. The standard InChI is InChI=1S/C9H15NO/c11-8-5-9-3-1-6-10(9)7-2-4-9/h5,8,11H,1-4,6-7H2/b8-5-. The van der Waals surface area contributed by atoms with Crippen LogP contribution in [0.15, 0.2) is 12.3 Å². The van der Waals surface area contributed by atoms with Gasteiger partial charge in [0.25, 0.3) is 0 Å². The lowest BCUT2D eigenvalue weighted by Crippen LogP contribution is -2.35. The third-order valence-electron chi connectivity index (χ3n) is 3.09. The average Bonchev–Trinajstić information content (AvgIpc) is 2.45. The Morgan fingerprint density at radius 3 is 2.36 bits per heavy atom. The summed E-state index contributed by atoms with van der Waals surface area (Å²) in [6, 6.07) is 0. The molecular formula is C9H15NO. The molecule has 0 aromatic rings. The maximum Gasteiger partial charge on any atom is 0.0770 e. The highest BCUT2D eigenvalue weighted by Gasteiger charge is 2.41. The Labute approximate surface area is 67.5 Å². The predicted octanol–water partition coefficient (Wildman–Crippen LogP) is 1.69. The Morgan fingerprint density at radius 1 is 1.18 bits per heavy atom. The number of nitrogens with zero attached hydrogens (tertiary/aromatic N) is 1. The Hall–Kier alpha value is -0.500. The molecule has 0 spiro atoms. The van der Waals surface area contributed by atoms with Crippen LogP contribution in [0.2, 0.25) is 0 Å². The van der Waals surface area contributed by atoms with Crippen LogP contribution < -0.4 is 0 Å². The molecule has 0 aromatic carbocycles. The van der Waals surface area contributed by atoms with E-state index in [0.29, 0.717) is 0 Å². The average molecular weight is 153 g/mol. The van der Waals surface area contributed by atoms with Gasteiger partial charge in [0.05, 0.1) is 6.26 Å². The molecular weight excluding hydrogens is 138 g/mol. The van der Waals surface area contributed by atoms with Gasteiger partial charge in [-0.15, -0.1) is 0 Å². The van der Waals surface area contributed by atoms with E-state index in [1.54, 1.807) is 0 Å². The molecule has 2 heterocycles. The molecule has 0 bridgehead atoms. The van der Waals surface area contributed by atoms with E-state index in [9.17, 15) is 0 Å². The summed E-state index contributed by atoms with van der Waals surface area (Å²) in [5.41, 5.74) is 0.259. The van der Waals surface area contributed by atoms with Gasteiger partial charge < -0.3 is 5.11 Å². The number of fused-ring (bicyclic) bond motifs is 1. The maximum atomic E-state index is 8.76. The van der Waals surface area contributed by atoms with Gasteiger partial charge in [0.15, 0.2) is 0 Å². The predicted molar refractivity (Wildman–Crippen MR) is 44.5 cm³/mol. The summed E-state index contributed by atoms with van der Waals surface area (Å²) in [5.74, 6) is 0. The molecule has 2 aliphatic rings. The van der Waals surface area contributed by atoms with Crippen LogP contribution in [0.4, 0.5) is 0 Å². The number of hydrogen-bond donors (Lipinski definition) is 1. The Balaban J connectivity index is 2.19. The van der Waals surface area contributed by atoms with E-state index in [4.69, 9.17) is 5.11 Å². The van der Waals surface area contributed by atoms with Gasteiger partial charge in [0.2, 0.25) is 0 Å². The van der Waals surface area contributed by atoms with Gasteiger partial charge >= 0.3 is 0 Å². The van der Waals surface area contributed by atoms with Gasteiger partial charge in [-0.3, -0.25) is 4.90 Å². The summed E-state index contributed by atoms with van der Waals surface area (Å²) >= 11 is 0. The van der Waals surface area contributed by atoms with Gasteiger partial charge in [-0.2, -0.15) is 0 Å². The second-order valence-electron chi connectivity index (χ2n) is 3.61. The van der Waals surface area contributed by atoms with Crippen LogP contribution in [-0.4, -0.2) is 28.6 Å². The quantitative estimate of drug-likeness (QED) is 0.579. The van der Waals surface area contributed by atoms with E-state index in [0.717, 1.165) is 0 Å². The SMILES string of the molecule is O/C=C\C12CCCN1CCC2. The Morgan fingerprint density at radius 2 is 1.82 bits per heavy atom. The van der Waals surface area contributed by atoms with Crippen molar-refractivity contribution in [3.8, 4) is 0 Å². The van der Waals surface area contributed by atoms with Gasteiger partial charge in [0.1, 0.15) is 0 Å². The van der Waals surface area contributed by atoms with Crippen molar-refractivity contribution in [1.82, 2.24) is 4.90 Å². The molecule has 2 nitrogen and oxygen atoms in total. The number of rotatable bonds is 1. The zero-order valence-corrected chi connectivity index (χ0v) is 6.79. The highest BCUT2D eigenvalue weighted by Crippen LogP contribution is 2.39. The fraction of sp³-hybridized carbons (Fsp3) is 0.778. The molecule has 2 rings (SSSR count). The first kappa shape index (κ1) is 7.17. The molecule has 0 atom stereocenters. The van der Waals surface area contributed by atoms with E-state index >= 15 is 0 Å². The van der Waals surface area contributed by atoms with E-state index < -0.39 is 0 Å². The minimum atomic E-state index is 0.259. The Bertz CT molecular complexity index is 166. The van der Waals surface area contributed by atoms with Crippen LogP contribution in [0.1, 0.15) is 25.7 Å². The number of aliphatic hydroxyl groups is 1. The fourth-order valence-electron chi connectivity index (χ4n) is 2.56. The third-order valence-corrected chi connectivity index (χ3v) is 3.09. The summed E-state index contributed by atoms with van der Waals surface area (Å²) in [5, 5.41) is 8.76. The van der Waals surface area contributed by atoms with E-state index in [1.807, 2.05) is 6.08 Å². The van der Waals surface area contributed by atoms with Gasteiger partial charge in [-0.1, -0.05) is 0 Å². The molecule has 0 aromatic heterocycles. The number of hydrogen-bond acceptors (Lipinski definition) is 2. The highest BCUT2D eigenvalue weighted by atomic mass is 16.2. The molecule has 62 valence electrons. The first-order valence-electron chi connectivity index (χ1n) is 4.44. The van der Waals surface area contributed by atoms with Crippen molar-refractivity contribution in [3.63, 3.8) is 0 Å². The van der Waals surface area contributed by atoms with Crippen molar-refractivity contribution in [1.29, 1.82) is 0 Å².